The van der Waals surface area contributed by atoms with E-state index in [0.717, 1.165) is 0 Å². The summed E-state index contributed by atoms with van der Waals surface area (Å²) >= 11 is 11.6. The summed E-state index contributed by atoms with van der Waals surface area (Å²) in [4.78, 5) is -0.124. The van der Waals surface area contributed by atoms with Gasteiger partial charge in [-0.15, -0.1) is 0 Å². The quantitative estimate of drug-likeness (QED) is 0.375. The SMILES string of the molecule is COc1cc(/C=N\N)ccc1OS(=O)(=O)c1ccc(Cl)c(Cl)c1. The standard InChI is InChI=1S/C14H12Cl2N2O4S/c1-21-14-6-9(8-18-17)2-5-13(14)22-23(19,20)10-3-4-11(15)12(16)7-10/h2-8H,17H2,1H3/b18-8-. The Hall–Kier alpha value is -1.96. The van der Waals surface area contributed by atoms with E-state index >= 15 is 0 Å². The number of benzene rings is 2. The fourth-order valence-electron chi connectivity index (χ4n) is 1.72. The molecule has 0 aliphatic carbocycles. The van der Waals surface area contributed by atoms with Gasteiger partial charge in [0.2, 0.25) is 0 Å². The molecule has 0 spiro atoms. The molecule has 0 radical (unpaired) electrons. The van der Waals surface area contributed by atoms with Crippen LogP contribution in [0.25, 0.3) is 0 Å². The number of nitrogens with zero attached hydrogens (tertiary/aromatic N) is 1. The molecule has 0 heterocycles. The minimum Gasteiger partial charge on any atom is -0.493 e. The zero-order valence-electron chi connectivity index (χ0n) is 11.9. The largest absolute Gasteiger partial charge is 0.493 e. The van der Waals surface area contributed by atoms with Crippen molar-refractivity contribution in [1.29, 1.82) is 0 Å². The lowest BCUT2D eigenvalue weighted by atomic mass is 10.2. The molecule has 9 heteroatoms. The van der Waals surface area contributed by atoms with Gasteiger partial charge in [0.1, 0.15) is 4.90 Å². The minimum absolute atomic E-state index is 0.0211. The van der Waals surface area contributed by atoms with Gasteiger partial charge in [-0.3, -0.25) is 0 Å². The summed E-state index contributed by atoms with van der Waals surface area (Å²) in [6.45, 7) is 0. The predicted molar refractivity (Wildman–Crippen MR) is 89.1 cm³/mol. The summed E-state index contributed by atoms with van der Waals surface area (Å²) in [7, 11) is -2.71. The summed E-state index contributed by atoms with van der Waals surface area (Å²) in [6.07, 6.45) is 1.39. The van der Waals surface area contributed by atoms with Crippen molar-refractivity contribution in [2.75, 3.05) is 7.11 Å². The molecule has 23 heavy (non-hydrogen) atoms. The molecular weight excluding hydrogens is 363 g/mol. The second kappa shape index (κ2) is 7.08. The second-order valence-corrected chi connectivity index (χ2v) is 6.66. The predicted octanol–water partition coefficient (Wildman–Crippen LogP) is 3.06. The Balaban J connectivity index is 2.38. The Kier molecular flexibility index (Phi) is 5.35. The van der Waals surface area contributed by atoms with Gasteiger partial charge in [0.05, 0.1) is 23.4 Å². The highest BCUT2D eigenvalue weighted by atomic mass is 35.5. The average Bonchev–Trinajstić information content (AvgIpc) is 2.51. The second-order valence-electron chi connectivity index (χ2n) is 4.30. The van der Waals surface area contributed by atoms with E-state index in [0.29, 0.717) is 5.56 Å². The highest BCUT2D eigenvalue weighted by Gasteiger charge is 2.20. The van der Waals surface area contributed by atoms with Crippen LogP contribution in [0.1, 0.15) is 5.56 Å². The first-order valence-electron chi connectivity index (χ1n) is 6.18. The van der Waals surface area contributed by atoms with E-state index in [-0.39, 0.29) is 26.4 Å². The van der Waals surface area contributed by atoms with E-state index in [2.05, 4.69) is 5.10 Å². The zero-order valence-corrected chi connectivity index (χ0v) is 14.2. The molecule has 0 bridgehead atoms. The van der Waals surface area contributed by atoms with E-state index in [1.165, 1.54) is 43.7 Å². The van der Waals surface area contributed by atoms with Gasteiger partial charge in [-0.25, -0.2) is 0 Å². The molecule has 0 saturated carbocycles. The fraction of sp³-hybridized carbons (Fsp3) is 0.0714. The Bertz CT molecular complexity index is 854. The highest BCUT2D eigenvalue weighted by molar-refractivity contribution is 7.87. The lowest BCUT2D eigenvalue weighted by Gasteiger charge is -2.11. The van der Waals surface area contributed by atoms with Crippen LogP contribution >= 0.6 is 23.2 Å². The van der Waals surface area contributed by atoms with Crippen molar-refractivity contribution in [3.63, 3.8) is 0 Å². The van der Waals surface area contributed by atoms with Crippen molar-refractivity contribution in [2.24, 2.45) is 10.9 Å². The number of hydrogen-bond acceptors (Lipinski definition) is 6. The maximum Gasteiger partial charge on any atom is 0.339 e. The van der Waals surface area contributed by atoms with Crippen LogP contribution in [0.15, 0.2) is 46.4 Å². The Labute approximate surface area is 143 Å². The maximum atomic E-state index is 12.3. The number of methoxy groups -OCH3 is 1. The van der Waals surface area contributed by atoms with Gasteiger partial charge in [-0.05, 0) is 42.0 Å². The fourth-order valence-corrected chi connectivity index (χ4v) is 3.05. The van der Waals surface area contributed by atoms with Crippen LogP contribution in [0.4, 0.5) is 0 Å². The molecule has 0 aliphatic heterocycles. The van der Waals surface area contributed by atoms with Crippen molar-refractivity contribution in [1.82, 2.24) is 0 Å². The van der Waals surface area contributed by atoms with Gasteiger partial charge in [0.25, 0.3) is 0 Å². The van der Waals surface area contributed by atoms with Crippen molar-refractivity contribution in [3.8, 4) is 11.5 Å². The van der Waals surface area contributed by atoms with E-state index in [1.807, 2.05) is 0 Å². The van der Waals surface area contributed by atoms with E-state index in [1.54, 1.807) is 6.07 Å². The van der Waals surface area contributed by atoms with Gasteiger partial charge in [-0.1, -0.05) is 23.2 Å². The number of ether oxygens (including phenoxy) is 1. The average molecular weight is 375 g/mol. The van der Waals surface area contributed by atoms with Gasteiger partial charge in [0.15, 0.2) is 11.5 Å². The third-order valence-corrected chi connectivity index (χ3v) is 4.76. The van der Waals surface area contributed by atoms with Crippen molar-refractivity contribution in [2.45, 2.75) is 4.90 Å². The Morgan fingerprint density at radius 3 is 2.43 bits per heavy atom. The molecule has 2 rings (SSSR count). The van der Waals surface area contributed by atoms with Crippen LogP contribution in [0, 0.1) is 0 Å². The molecule has 6 nitrogen and oxygen atoms in total. The molecule has 0 unspecified atom stereocenters. The van der Waals surface area contributed by atoms with Gasteiger partial charge in [-0.2, -0.15) is 13.5 Å². The van der Waals surface area contributed by atoms with Gasteiger partial charge in [0, 0.05) is 0 Å². The van der Waals surface area contributed by atoms with E-state index in [4.69, 9.17) is 38.0 Å². The summed E-state index contributed by atoms with van der Waals surface area (Å²) in [5.74, 6) is 5.31. The van der Waals surface area contributed by atoms with Gasteiger partial charge < -0.3 is 14.8 Å². The number of rotatable bonds is 5. The van der Waals surface area contributed by atoms with Crippen molar-refractivity contribution < 1.29 is 17.3 Å². The highest BCUT2D eigenvalue weighted by Crippen LogP contribution is 2.32. The first-order valence-corrected chi connectivity index (χ1v) is 8.34. The molecule has 0 amide bonds. The number of halogens is 2. The molecular formula is C14H12Cl2N2O4S. The first kappa shape index (κ1) is 17.4. The Morgan fingerprint density at radius 1 is 1.09 bits per heavy atom. The molecule has 0 aromatic heterocycles. The van der Waals surface area contributed by atoms with E-state index in [9.17, 15) is 8.42 Å². The van der Waals surface area contributed by atoms with Crippen LogP contribution in [0.3, 0.4) is 0 Å². The number of hydrogen-bond donors (Lipinski definition) is 1. The minimum atomic E-state index is -4.09. The lowest BCUT2D eigenvalue weighted by molar-refractivity contribution is 0.390. The van der Waals surface area contributed by atoms with Gasteiger partial charge >= 0.3 is 10.1 Å². The Morgan fingerprint density at radius 2 is 1.83 bits per heavy atom. The van der Waals surface area contributed by atoms with Crippen LogP contribution in [0.5, 0.6) is 11.5 Å². The maximum absolute atomic E-state index is 12.3. The monoisotopic (exact) mass is 374 g/mol. The number of nitrogens with two attached hydrogens (primary N) is 1. The zero-order chi connectivity index (χ0) is 17.0. The molecule has 0 aliphatic rings. The molecule has 2 aromatic rings. The van der Waals surface area contributed by atoms with Crippen LogP contribution < -0.4 is 14.8 Å². The van der Waals surface area contributed by atoms with Crippen LogP contribution in [-0.2, 0) is 10.1 Å². The smallest absolute Gasteiger partial charge is 0.339 e. The van der Waals surface area contributed by atoms with Crippen LogP contribution in [-0.4, -0.2) is 21.7 Å². The molecule has 2 N–H and O–H groups in total. The summed E-state index contributed by atoms with van der Waals surface area (Å²) in [5.41, 5.74) is 0.628. The summed E-state index contributed by atoms with van der Waals surface area (Å²) in [5, 5.41) is 3.74. The summed E-state index contributed by atoms with van der Waals surface area (Å²) in [6, 6.07) is 8.43. The normalized spacial score (nSPS) is 11.6. The summed E-state index contributed by atoms with van der Waals surface area (Å²) < 4.78 is 34.9. The van der Waals surface area contributed by atoms with E-state index < -0.39 is 10.1 Å². The van der Waals surface area contributed by atoms with Crippen molar-refractivity contribution >= 4 is 39.5 Å². The first-order chi connectivity index (χ1) is 10.9. The molecule has 122 valence electrons. The molecule has 0 saturated heterocycles. The van der Waals surface area contributed by atoms with Crippen LogP contribution in [0.2, 0.25) is 10.0 Å². The molecule has 0 atom stereocenters. The third-order valence-electron chi connectivity index (χ3n) is 2.79. The number of hydrazone groups is 1. The topological polar surface area (TPSA) is 91.0 Å². The van der Waals surface area contributed by atoms with Crippen molar-refractivity contribution in [3.05, 3.63) is 52.0 Å². The third kappa shape index (κ3) is 4.07. The molecule has 0 fully saturated rings. The lowest BCUT2D eigenvalue weighted by Crippen LogP contribution is -2.10. The molecule has 2 aromatic carbocycles.